The maximum Gasteiger partial charge on any atom is 0.311 e. The normalized spacial score (nSPS) is 38.5. The second-order valence-electron chi connectivity index (χ2n) is 8.30. The Hall–Kier alpha value is -1.20. The van der Waals surface area contributed by atoms with Crippen molar-refractivity contribution in [2.45, 2.75) is 49.9 Å². The lowest BCUT2D eigenvalue weighted by Crippen LogP contribution is -2.56. The molecule has 4 rings (SSSR count). The van der Waals surface area contributed by atoms with E-state index in [-0.39, 0.29) is 22.2 Å². The van der Waals surface area contributed by atoms with Crippen molar-refractivity contribution >= 4 is 17.7 Å². The van der Waals surface area contributed by atoms with E-state index in [1.165, 1.54) is 18.2 Å². The van der Waals surface area contributed by atoms with Crippen LogP contribution in [0.15, 0.2) is 18.2 Å². The number of hydrogen-bond acceptors (Lipinski definition) is 5. The number of carbonyl (C=O) groups is 1. The average Bonchev–Trinajstić information content (AvgIpc) is 3.12. The van der Waals surface area contributed by atoms with Crippen LogP contribution in [0, 0.1) is 11.3 Å². The first-order chi connectivity index (χ1) is 12.4. The Morgan fingerprint density at radius 1 is 1.23 bits per heavy atom. The number of benzene rings is 1. The van der Waals surface area contributed by atoms with Crippen molar-refractivity contribution in [3.63, 3.8) is 0 Å². The molecule has 4 unspecified atom stereocenters. The number of hydrogen-bond donors (Lipinski definition) is 0. The van der Waals surface area contributed by atoms with Crippen molar-refractivity contribution < 1.29 is 19.0 Å². The highest BCUT2D eigenvalue weighted by Crippen LogP contribution is 2.65. The van der Waals surface area contributed by atoms with Crippen LogP contribution in [-0.4, -0.2) is 32.5 Å². The molecule has 1 aliphatic heterocycles. The number of ether oxygens (including phenoxy) is 3. The molecule has 1 saturated heterocycles. The molecule has 142 valence electrons. The van der Waals surface area contributed by atoms with Crippen LogP contribution in [0.4, 0.5) is 0 Å². The Morgan fingerprint density at radius 3 is 2.69 bits per heavy atom. The minimum Gasteiger partial charge on any atom is -0.497 e. The summed E-state index contributed by atoms with van der Waals surface area (Å²) in [7, 11) is 3.22. The Bertz CT molecular complexity index is 727. The van der Waals surface area contributed by atoms with Gasteiger partial charge in [0.25, 0.3) is 0 Å². The molecule has 1 aromatic rings. The fourth-order valence-corrected chi connectivity index (χ4v) is 6.97. The smallest absolute Gasteiger partial charge is 0.311 e. The Morgan fingerprint density at radius 2 is 2.04 bits per heavy atom. The Labute approximate surface area is 160 Å². The second-order valence-corrected chi connectivity index (χ2v) is 9.65. The fraction of sp³-hybridized carbons (Fsp3) is 0.667. The zero-order valence-corrected chi connectivity index (χ0v) is 16.9. The van der Waals surface area contributed by atoms with Gasteiger partial charge in [-0.25, -0.2) is 0 Å². The van der Waals surface area contributed by atoms with Crippen molar-refractivity contribution in [1.82, 2.24) is 0 Å². The molecule has 26 heavy (non-hydrogen) atoms. The molecule has 0 N–H and O–H groups in total. The van der Waals surface area contributed by atoms with Crippen LogP contribution in [0.1, 0.15) is 50.7 Å². The van der Waals surface area contributed by atoms with Gasteiger partial charge in [-0.2, -0.15) is 0 Å². The largest absolute Gasteiger partial charge is 0.497 e. The Kier molecular flexibility index (Phi) is 4.31. The number of fused-ring (bicyclic) bond motifs is 4. The highest BCUT2D eigenvalue weighted by atomic mass is 32.2. The fourth-order valence-electron chi connectivity index (χ4n) is 5.69. The van der Waals surface area contributed by atoms with Gasteiger partial charge in [-0.3, -0.25) is 4.79 Å². The maximum absolute atomic E-state index is 12.8. The van der Waals surface area contributed by atoms with E-state index in [4.69, 9.17) is 14.2 Å². The minimum absolute atomic E-state index is 0.0805. The van der Waals surface area contributed by atoms with Crippen LogP contribution in [-0.2, 0) is 24.6 Å². The van der Waals surface area contributed by atoms with Gasteiger partial charge in [0, 0.05) is 5.75 Å². The first-order valence-electron chi connectivity index (χ1n) is 9.45. The predicted molar refractivity (Wildman–Crippen MR) is 103 cm³/mol. The Balaban J connectivity index is 1.92. The third-order valence-corrected chi connectivity index (χ3v) is 8.40. The highest BCUT2D eigenvalue weighted by molar-refractivity contribution is 8.00. The molecule has 3 aliphatic rings. The standard InChI is InChI=1S/C21H28O4S/c1-19-8-5-9-20(2,18(22)24-4)17(19)13-21(25-10-11-26-21)15-7-6-14(23-3)12-16(15)19/h6-7,12,17H,5,8-11,13H2,1-4H3. The summed E-state index contributed by atoms with van der Waals surface area (Å²) in [5.41, 5.74) is 2.00. The molecule has 5 heteroatoms. The van der Waals surface area contributed by atoms with E-state index >= 15 is 0 Å². The minimum atomic E-state index is -0.484. The summed E-state index contributed by atoms with van der Waals surface area (Å²) >= 11 is 1.88. The van der Waals surface area contributed by atoms with Gasteiger partial charge in [0.15, 0.2) is 0 Å². The van der Waals surface area contributed by atoms with Crippen molar-refractivity contribution in [3.8, 4) is 5.75 Å². The lowest BCUT2D eigenvalue weighted by atomic mass is 9.49. The molecular formula is C21H28O4S. The van der Waals surface area contributed by atoms with Gasteiger partial charge in [-0.15, -0.1) is 11.8 Å². The number of esters is 1. The topological polar surface area (TPSA) is 44.8 Å². The number of methoxy groups -OCH3 is 2. The third kappa shape index (κ3) is 2.36. The van der Waals surface area contributed by atoms with Crippen molar-refractivity contribution in [1.29, 1.82) is 0 Å². The highest BCUT2D eigenvalue weighted by Gasteiger charge is 2.61. The van der Waals surface area contributed by atoms with E-state index in [1.54, 1.807) is 7.11 Å². The summed E-state index contributed by atoms with van der Waals surface area (Å²) in [6.45, 7) is 5.18. The molecule has 1 aromatic carbocycles. The van der Waals surface area contributed by atoms with Gasteiger partial charge in [0.2, 0.25) is 0 Å². The first-order valence-corrected chi connectivity index (χ1v) is 10.4. The number of thioether (sulfide) groups is 1. The van der Waals surface area contributed by atoms with Crippen LogP contribution in [0.5, 0.6) is 5.75 Å². The lowest BCUT2D eigenvalue weighted by molar-refractivity contribution is -0.164. The van der Waals surface area contributed by atoms with Gasteiger partial charge >= 0.3 is 5.97 Å². The molecule has 0 amide bonds. The molecule has 4 atom stereocenters. The van der Waals surface area contributed by atoms with Gasteiger partial charge in [0.05, 0.1) is 26.2 Å². The summed E-state index contributed by atoms with van der Waals surface area (Å²) in [6.07, 6.45) is 3.83. The van der Waals surface area contributed by atoms with E-state index < -0.39 is 5.41 Å². The molecule has 2 aliphatic carbocycles. The van der Waals surface area contributed by atoms with Gasteiger partial charge < -0.3 is 14.2 Å². The molecule has 1 heterocycles. The van der Waals surface area contributed by atoms with Gasteiger partial charge in [-0.05, 0) is 60.8 Å². The molecule has 0 bridgehead atoms. The number of rotatable bonds is 2. The van der Waals surface area contributed by atoms with E-state index in [0.717, 1.165) is 43.8 Å². The summed E-state index contributed by atoms with van der Waals surface area (Å²) < 4.78 is 17.1. The second kappa shape index (κ2) is 6.16. The van der Waals surface area contributed by atoms with Gasteiger partial charge in [-0.1, -0.05) is 19.4 Å². The summed E-state index contributed by atoms with van der Waals surface area (Å²) in [5, 5.41) is 0. The van der Waals surface area contributed by atoms with Crippen molar-refractivity contribution in [3.05, 3.63) is 29.3 Å². The van der Waals surface area contributed by atoms with E-state index in [1.807, 2.05) is 17.8 Å². The molecule has 0 aromatic heterocycles. The van der Waals surface area contributed by atoms with Crippen LogP contribution in [0.2, 0.25) is 0 Å². The van der Waals surface area contributed by atoms with Crippen LogP contribution in [0.3, 0.4) is 0 Å². The van der Waals surface area contributed by atoms with Crippen LogP contribution >= 0.6 is 11.8 Å². The predicted octanol–water partition coefficient (Wildman–Crippen LogP) is 4.25. The molecular weight excluding hydrogens is 348 g/mol. The van der Waals surface area contributed by atoms with E-state index in [2.05, 4.69) is 26.0 Å². The molecule has 1 saturated carbocycles. The number of carbonyl (C=O) groups excluding carboxylic acids is 1. The lowest BCUT2D eigenvalue weighted by Gasteiger charge is -2.57. The van der Waals surface area contributed by atoms with Crippen molar-refractivity contribution in [2.75, 3.05) is 26.6 Å². The average molecular weight is 377 g/mol. The third-order valence-electron chi connectivity index (χ3n) is 7.06. The molecule has 1 spiro atoms. The zero-order chi connectivity index (χ0) is 18.6. The first kappa shape index (κ1) is 18.2. The molecule has 2 fully saturated rings. The van der Waals surface area contributed by atoms with Crippen molar-refractivity contribution in [2.24, 2.45) is 11.3 Å². The van der Waals surface area contributed by atoms with E-state index in [0.29, 0.717) is 0 Å². The van der Waals surface area contributed by atoms with Crippen LogP contribution in [0.25, 0.3) is 0 Å². The summed E-state index contributed by atoms with van der Waals surface area (Å²) in [6, 6.07) is 6.39. The summed E-state index contributed by atoms with van der Waals surface area (Å²) in [5.74, 6) is 1.96. The van der Waals surface area contributed by atoms with Gasteiger partial charge in [0.1, 0.15) is 10.7 Å². The van der Waals surface area contributed by atoms with Crippen LogP contribution < -0.4 is 4.74 Å². The zero-order valence-electron chi connectivity index (χ0n) is 16.1. The monoisotopic (exact) mass is 376 g/mol. The quantitative estimate of drug-likeness (QED) is 0.722. The maximum atomic E-state index is 12.8. The summed E-state index contributed by atoms with van der Waals surface area (Å²) in [4.78, 5) is 12.5. The molecule has 0 radical (unpaired) electrons. The van der Waals surface area contributed by atoms with E-state index in [9.17, 15) is 4.79 Å². The SMILES string of the molecule is COC(=O)C1(C)CCCC2(C)c3cc(OC)ccc3C3(CC12)OCCS3. The molecule has 4 nitrogen and oxygen atoms in total.